The van der Waals surface area contributed by atoms with Crippen LogP contribution in [0.4, 0.5) is 5.69 Å². The highest BCUT2D eigenvalue weighted by Gasteiger charge is 2.31. The van der Waals surface area contributed by atoms with Gasteiger partial charge in [-0.15, -0.1) is 11.8 Å². The highest BCUT2D eigenvalue weighted by molar-refractivity contribution is 8.01. The number of thioether (sulfide) groups is 1. The molecule has 0 unspecified atom stereocenters. The van der Waals surface area contributed by atoms with E-state index >= 15 is 0 Å². The molecule has 0 spiro atoms. The number of nitrogens with one attached hydrogen (secondary N) is 2. The second-order valence-electron chi connectivity index (χ2n) is 5.47. The number of rotatable bonds is 8. The number of ether oxygens (including phenoxy) is 2. The van der Waals surface area contributed by atoms with Crippen LogP contribution in [0.2, 0.25) is 0 Å². The molecule has 0 radical (unpaired) electrons. The molecule has 8 heteroatoms. The number of anilines is 1. The van der Waals surface area contributed by atoms with Crippen molar-refractivity contribution < 1.29 is 23.9 Å². The average Bonchev–Trinajstić information content (AvgIpc) is 2.60. The van der Waals surface area contributed by atoms with E-state index in [4.69, 9.17) is 9.47 Å². The van der Waals surface area contributed by atoms with Crippen LogP contribution in [0.1, 0.15) is 19.8 Å². The van der Waals surface area contributed by atoms with E-state index in [1.54, 1.807) is 6.92 Å². The third-order valence-electron chi connectivity index (χ3n) is 3.60. The van der Waals surface area contributed by atoms with E-state index in [-0.39, 0.29) is 18.2 Å². The van der Waals surface area contributed by atoms with Crippen LogP contribution in [-0.4, -0.2) is 49.4 Å². The van der Waals surface area contributed by atoms with Gasteiger partial charge in [0, 0.05) is 18.6 Å². The molecule has 136 valence electrons. The Labute approximate surface area is 150 Å². The Bertz CT molecular complexity index is 637. The van der Waals surface area contributed by atoms with E-state index in [0.29, 0.717) is 19.6 Å². The van der Waals surface area contributed by atoms with Crippen molar-refractivity contribution in [3.8, 4) is 0 Å². The van der Waals surface area contributed by atoms with Gasteiger partial charge in [0.15, 0.2) is 6.10 Å². The Kier molecular flexibility index (Phi) is 7.27. The number of fused-ring (bicyclic) bond motifs is 1. The van der Waals surface area contributed by atoms with Gasteiger partial charge in [0.1, 0.15) is 0 Å². The monoisotopic (exact) mass is 366 g/mol. The summed E-state index contributed by atoms with van der Waals surface area (Å²) in [5, 5.41) is 4.85. The van der Waals surface area contributed by atoms with Gasteiger partial charge in [0.05, 0.1) is 24.0 Å². The van der Waals surface area contributed by atoms with Crippen LogP contribution in [0.3, 0.4) is 0 Å². The molecule has 0 bridgehead atoms. The third kappa shape index (κ3) is 5.47. The van der Waals surface area contributed by atoms with Crippen LogP contribution in [-0.2, 0) is 23.9 Å². The number of hydrogen-bond donors (Lipinski definition) is 2. The molecular formula is C17H22N2O5S. The molecule has 7 nitrogen and oxygen atoms in total. The lowest BCUT2D eigenvalue weighted by Crippen LogP contribution is -2.40. The molecule has 1 aliphatic heterocycles. The normalized spacial score (nSPS) is 17.2. The predicted molar refractivity (Wildman–Crippen MR) is 94.4 cm³/mol. The summed E-state index contributed by atoms with van der Waals surface area (Å²) in [5.41, 5.74) is 0.742. The molecule has 2 atom stereocenters. The number of para-hydroxylation sites is 1. The molecule has 2 rings (SSSR count). The molecule has 1 aliphatic rings. The van der Waals surface area contributed by atoms with Crippen molar-refractivity contribution in [1.29, 1.82) is 0 Å². The van der Waals surface area contributed by atoms with Crippen LogP contribution in [0.25, 0.3) is 0 Å². The highest BCUT2D eigenvalue weighted by atomic mass is 32.2. The molecule has 2 amide bonds. The lowest BCUT2D eigenvalue weighted by Gasteiger charge is -2.24. The second-order valence-corrected chi connectivity index (χ2v) is 6.71. The van der Waals surface area contributed by atoms with Gasteiger partial charge >= 0.3 is 5.97 Å². The second kappa shape index (κ2) is 9.43. The van der Waals surface area contributed by atoms with Gasteiger partial charge in [-0.1, -0.05) is 19.1 Å². The smallest absolute Gasteiger partial charge is 0.308 e. The number of carbonyl (C=O) groups excluding carboxylic acids is 3. The first-order chi connectivity index (χ1) is 12.0. The fraction of sp³-hybridized carbons (Fsp3) is 0.471. The molecule has 2 N–H and O–H groups in total. The third-order valence-corrected chi connectivity index (χ3v) is 4.88. The largest absolute Gasteiger partial charge is 0.452 e. The van der Waals surface area contributed by atoms with Gasteiger partial charge in [-0.25, -0.2) is 0 Å². The minimum Gasteiger partial charge on any atom is -0.452 e. The van der Waals surface area contributed by atoms with Gasteiger partial charge in [-0.3, -0.25) is 14.4 Å². The van der Waals surface area contributed by atoms with Gasteiger partial charge in [-0.05, 0) is 18.6 Å². The molecule has 1 aromatic carbocycles. The molecule has 25 heavy (non-hydrogen) atoms. The Morgan fingerprint density at radius 1 is 1.36 bits per heavy atom. The first-order valence-electron chi connectivity index (χ1n) is 8.07. The highest BCUT2D eigenvalue weighted by Crippen LogP contribution is 2.36. The summed E-state index contributed by atoms with van der Waals surface area (Å²) in [5.74, 6) is -1.17. The van der Waals surface area contributed by atoms with Gasteiger partial charge in [0.2, 0.25) is 5.91 Å². The number of methoxy groups -OCH3 is 1. The number of benzene rings is 1. The maximum Gasteiger partial charge on any atom is 0.308 e. The van der Waals surface area contributed by atoms with E-state index < -0.39 is 17.3 Å². The fourth-order valence-corrected chi connectivity index (χ4v) is 3.39. The van der Waals surface area contributed by atoms with Crippen molar-refractivity contribution in [1.82, 2.24) is 5.32 Å². The molecular weight excluding hydrogens is 344 g/mol. The van der Waals surface area contributed by atoms with Crippen LogP contribution in [0.5, 0.6) is 0 Å². The topological polar surface area (TPSA) is 93.7 Å². The molecule has 0 saturated heterocycles. The first-order valence-corrected chi connectivity index (χ1v) is 8.95. The Hall–Kier alpha value is -2.06. The van der Waals surface area contributed by atoms with Crippen molar-refractivity contribution in [3.63, 3.8) is 0 Å². The minimum absolute atomic E-state index is 0.0906. The molecule has 1 heterocycles. The zero-order chi connectivity index (χ0) is 18.2. The van der Waals surface area contributed by atoms with Crippen LogP contribution in [0, 0.1) is 0 Å². The Balaban J connectivity index is 1.88. The zero-order valence-corrected chi connectivity index (χ0v) is 15.1. The van der Waals surface area contributed by atoms with E-state index in [2.05, 4.69) is 10.6 Å². The quantitative estimate of drug-likeness (QED) is 0.536. The lowest BCUT2D eigenvalue weighted by molar-refractivity contribution is -0.156. The van der Waals surface area contributed by atoms with Gasteiger partial charge < -0.3 is 20.1 Å². The maximum absolute atomic E-state index is 12.2. The van der Waals surface area contributed by atoms with Crippen LogP contribution in [0.15, 0.2) is 29.2 Å². The number of carbonyl (C=O) groups is 3. The SMILES string of the molecule is CC[C@H](OC(=O)C[C@@H]1Sc2ccccc2NC1=O)C(=O)NCCOC. The number of amides is 2. The van der Waals surface area contributed by atoms with E-state index in [0.717, 1.165) is 10.6 Å². The summed E-state index contributed by atoms with van der Waals surface area (Å²) in [6.45, 7) is 2.49. The first kappa shape index (κ1) is 19.3. The Morgan fingerprint density at radius 3 is 2.84 bits per heavy atom. The molecule has 0 aromatic heterocycles. The Morgan fingerprint density at radius 2 is 2.12 bits per heavy atom. The summed E-state index contributed by atoms with van der Waals surface area (Å²) in [6.07, 6.45) is -0.599. The van der Waals surface area contributed by atoms with E-state index in [1.165, 1.54) is 18.9 Å². The van der Waals surface area contributed by atoms with Crippen molar-refractivity contribution in [3.05, 3.63) is 24.3 Å². The zero-order valence-electron chi connectivity index (χ0n) is 14.2. The average molecular weight is 366 g/mol. The van der Waals surface area contributed by atoms with Gasteiger partial charge in [0.25, 0.3) is 5.91 Å². The number of esters is 1. The van der Waals surface area contributed by atoms with Crippen LogP contribution >= 0.6 is 11.8 Å². The van der Waals surface area contributed by atoms with E-state index in [1.807, 2.05) is 24.3 Å². The van der Waals surface area contributed by atoms with Gasteiger partial charge in [-0.2, -0.15) is 0 Å². The summed E-state index contributed by atoms with van der Waals surface area (Å²) in [7, 11) is 1.54. The van der Waals surface area contributed by atoms with Crippen molar-refractivity contribution in [2.45, 2.75) is 36.0 Å². The van der Waals surface area contributed by atoms with Crippen molar-refractivity contribution in [2.75, 3.05) is 25.6 Å². The molecule has 0 aliphatic carbocycles. The predicted octanol–water partition coefficient (Wildman–Crippen LogP) is 1.57. The molecule has 1 aromatic rings. The summed E-state index contributed by atoms with van der Waals surface area (Å²) in [4.78, 5) is 37.2. The fourth-order valence-electron chi connectivity index (χ4n) is 2.30. The summed E-state index contributed by atoms with van der Waals surface area (Å²) >= 11 is 1.32. The standard InChI is InChI=1S/C17H22N2O5S/c1-3-12(16(21)18-8-9-23-2)24-15(20)10-14-17(22)19-11-6-4-5-7-13(11)25-14/h4-7,12,14H,3,8-10H2,1-2H3,(H,18,21)(H,19,22)/t12-,14-/m0/s1. The summed E-state index contributed by atoms with van der Waals surface area (Å²) in [6, 6.07) is 7.40. The molecule has 0 saturated carbocycles. The van der Waals surface area contributed by atoms with Crippen molar-refractivity contribution in [2.24, 2.45) is 0 Å². The summed E-state index contributed by atoms with van der Waals surface area (Å²) < 4.78 is 10.1. The lowest BCUT2D eigenvalue weighted by atomic mass is 10.2. The maximum atomic E-state index is 12.2. The van der Waals surface area contributed by atoms with Crippen LogP contribution < -0.4 is 10.6 Å². The van der Waals surface area contributed by atoms with Crippen molar-refractivity contribution >= 4 is 35.2 Å². The molecule has 0 fully saturated rings. The minimum atomic E-state index is -0.867. The van der Waals surface area contributed by atoms with E-state index in [9.17, 15) is 14.4 Å². The number of hydrogen-bond acceptors (Lipinski definition) is 6.